The number of carbonyl (C=O) groups is 1. The summed E-state index contributed by atoms with van der Waals surface area (Å²) in [5, 5.41) is 10.8. The third kappa shape index (κ3) is 7.71. The van der Waals surface area contributed by atoms with E-state index in [9.17, 15) is 14.9 Å². The Balaban J connectivity index is 4.23. The predicted molar refractivity (Wildman–Crippen MR) is 65.4 cm³/mol. The Morgan fingerprint density at radius 2 is 1.88 bits per heavy atom. The monoisotopic (exact) mass is 245 g/mol. The number of unbranched alkanes of at least 4 members (excludes halogenated alkanes) is 3. The quantitative estimate of drug-likeness (QED) is 0.299. The van der Waals surface area contributed by atoms with Gasteiger partial charge in [0.25, 0.3) is 0 Å². The second kappa shape index (κ2) is 7.25. The molecule has 0 saturated heterocycles. The van der Waals surface area contributed by atoms with Crippen LogP contribution in [0.25, 0.3) is 0 Å². The number of rotatable bonds is 7. The van der Waals surface area contributed by atoms with Crippen molar-refractivity contribution in [2.75, 3.05) is 0 Å². The summed E-state index contributed by atoms with van der Waals surface area (Å²) in [5.74, 6) is -0.723. The van der Waals surface area contributed by atoms with Gasteiger partial charge in [0, 0.05) is 11.3 Å². The normalized spacial score (nSPS) is 13.2. The summed E-state index contributed by atoms with van der Waals surface area (Å²) in [6.07, 6.45) is 3.98. The van der Waals surface area contributed by atoms with Crippen molar-refractivity contribution in [1.29, 1.82) is 0 Å². The minimum atomic E-state index is -1.22. The van der Waals surface area contributed by atoms with Gasteiger partial charge in [0.05, 0.1) is 0 Å². The molecule has 0 aromatic rings. The third-order valence-electron chi connectivity index (χ3n) is 2.26. The van der Waals surface area contributed by atoms with E-state index in [1.807, 2.05) is 0 Å². The van der Waals surface area contributed by atoms with E-state index in [0.717, 1.165) is 19.3 Å². The Bertz CT molecular complexity index is 258. The molecule has 1 unspecified atom stereocenters. The minimum absolute atomic E-state index is 0.266. The zero-order chi connectivity index (χ0) is 13.5. The fourth-order valence-electron chi connectivity index (χ4n) is 1.44. The van der Waals surface area contributed by atoms with E-state index in [4.69, 9.17) is 4.74 Å². The first-order valence-electron chi connectivity index (χ1n) is 6.14. The van der Waals surface area contributed by atoms with Crippen LogP contribution in [-0.2, 0) is 9.53 Å². The van der Waals surface area contributed by atoms with Gasteiger partial charge < -0.3 is 4.74 Å². The van der Waals surface area contributed by atoms with E-state index in [2.05, 4.69) is 6.92 Å². The lowest BCUT2D eigenvalue weighted by molar-refractivity contribution is -0.512. The highest BCUT2D eigenvalue weighted by atomic mass is 16.6. The molecule has 0 spiro atoms. The number of hydrogen-bond acceptors (Lipinski definition) is 4. The Labute approximate surface area is 103 Å². The molecule has 0 amide bonds. The Morgan fingerprint density at radius 3 is 2.29 bits per heavy atom. The van der Waals surface area contributed by atoms with Crippen molar-refractivity contribution in [2.45, 2.75) is 71.4 Å². The molecule has 0 aliphatic rings. The van der Waals surface area contributed by atoms with Crippen LogP contribution >= 0.6 is 0 Å². The van der Waals surface area contributed by atoms with Crippen molar-refractivity contribution in [3.05, 3.63) is 10.1 Å². The molecule has 0 heterocycles. The van der Waals surface area contributed by atoms with Crippen molar-refractivity contribution >= 4 is 5.97 Å². The van der Waals surface area contributed by atoms with Crippen LogP contribution in [0, 0.1) is 10.1 Å². The molecule has 1 atom stereocenters. The molecule has 0 saturated carbocycles. The van der Waals surface area contributed by atoms with E-state index in [1.54, 1.807) is 20.8 Å². The van der Waals surface area contributed by atoms with Crippen LogP contribution in [0.1, 0.15) is 59.8 Å². The number of nitro groups is 1. The zero-order valence-corrected chi connectivity index (χ0v) is 11.2. The highest BCUT2D eigenvalue weighted by Crippen LogP contribution is 2.14. The molecule has 17 heavy (non-hydrogen) atoms. The van der Waals surface area contributed by atoms with Crippen LogP contribution in [0.2, 0.25) is 0 Å². The molecular weight excluding hydrogens is 222 g/mol. The average Bonchev–Trinajstić information content (AvgIpc) is 2.14. The predicted octanol–water partition coefficient (Wildman–Crippen LogP) is 2.94. The molecule has 0 bridgehead atoms. The van der Waals surface area contributed by atoms with Gasteiger partial charge in [0.2, 0.25) is 0 Å². The first-order chi connectivity index (χ1) is 7.78. The lowest BCUT2D eigenvalue weighted by Gasteiger charge is -2.20. The molecule has 0 radical (unpaired) electrons. The van der Waals surface area contributed by atoms with Gasteiger partial charge in [-0.25, -0.2) is 4.79 Å². The van der Waals surface area contributed by atoms with Crippen molar-refractivity contribution < 1.29 is 14.5 Å². The molecular formula is C12H23NO4. The zero-order valence-electron chi connectivity index (χ0n) is 11.2. The first-order valence-corrected chi connectivity index (χ1v) is 6.14. The van der Waals surface area contributed by atoms with Crippen molar-refractivity contribution in [3.63, 3.8) is 0 Å². The highest BCUT2D eigenvalue weighted by Gasteiger charge is 2.33. The van der Waals surface area contributed by atoms with Gasteiger partial charge >= 0.3 is 12.0 Å². The summed E-state index contributed by atoms with van der Waals surface area (Å²) in [5.41, 5.74) is -0.672. The van der Waals surface area contributed by atoms with E-state index in [0.29, 0.717) is 6.42 Å². The maximum absolute atomic E-state index is 11.6. The van der Waals surface area contributed by atoms with E-state index < -0.39 is 22.5 Å². The Kier molecular flexibility index (Phi) is 6.76. The highest BCUT2D eigenvalue weighted by molar-refractivity contribution is 5.74. The van der Waals surface area contributed by atoms with Crippen LogP contribution in [0.3, 0.4) is 0 Å². The number of nitrogens with zero attached hydrogens (tertiary/aromatic N) is 1. The van der Waals surface area contributed by atoms with Crippen molar-refractivity contribution in [2.24, 2.45) is 0 Å². The van der Waals surface area contributed by atoms with Crippen LogP contribution in [0.15, 0.2) is 0 Å². The molecule has 0 rings (SSSR count). The van der Waals surface area contributed by atoms with Gasteiger partial charge in [-0.1, -0.05) is 26.2 Å². The Hall–Kier alpha value is -1.13. The average molecular weight is 245 g/mol. The molecule has 0 fully saturated rings. The second-order valence-corrected chi connectivity index (χ2v) is 5.18. The topological polar surface area (TPSA) is 69.4 Å². The van der Waals surface area contributed by atoms with E-state index in [1.165, 1.54) is 0 Å². The van der Waals surface area contributed by atoms with Crippen LogP contribution < -0.4 is 0 Å². The van der Waals surface area contributed by atoms with Crippen LogP contribution in [-0.4, -0.2) is 22.5 Å². The largest absolute Gasteiger partial charge is 0.455 e. The molecule has 0 aromatic heterocycles. The Morgan fingerprint density at radius 1 is 1.29 bits per heavy atom. The van der Waals surface area contributed by atoms with Gasteiger partial charge in [-0.15, -0.1) is 0 Å². The molecule has 0 aromatic carbocycles. The maximum Gasteiger partial charge on any atom is 0.382 e. The smallest absolute Gasteiger partial charge is 0.382 e. The minimum Gasteiger partial charge on any atom is -0.455 e. The number of hydrogen-bond donors (Lipinski definition) is 0. The molecule has 0 aliphatic carbocycles. The third-order valence-corrected chi connectivity index (χ3v) is 2.26. The first kappa shape index (κ1) is 15.9. The van der Waals surface area contributed by atoms with E-state index in [-0.39, 0.29) is 6.42 Å². The lowest BCUT2D eigenvalue weighted by atomic mass is 10.1. The molecule has 100 valence electrons. The van der Waals surface area contributed by atoms with Crippen molar-refractivity contribution in [1.82, 2.24) is 0 Å². The maximum atomic E-state index is 11.6. The molecule has 5 nitrogen and oxygen atoms in total. The summed E-state index contributed by atoms with van der Waals surface area (Å²) in [6.45, 7) is 7.19. The fourth-order valence-corrected chi connectivity index (χ4v) is 1.44. The van der Waals surface area contributed by atoms with Crippen LogP contribution in [0.4, 0.5) is 0 Å². The van der Waals surface area contributed by atoms with Gasteiger partial charge in [-0.05, 0) is 27.2 Å². The SMILES string of the molecule is CCCCCCC(C(=O)OC(C)(C)C)[N+](=O)[O-]. The summed E-state index contributed by atoms with van der Waals surface area (Å²) >= 11 is 0. The van der Waals surface area contributed by atoms with Crippen LogP contribution in [0.5, 0.6) is 0 Å². The molecule has 5 heteroatoms. The van der Waals surface area contributed by atoms with E-state index >= 15 is 0 Å². The molecule has 0 aliphatic heterocycles. The fraction of sp³-hybridized carbons (Fsp3) is 0.917. The van der Waals surface area contributed by atoms with Gasteiger partial charge in [-0.3, -0.25) is 10.1 Å². The van der Waals surface area contributed by atoms with Gasteiger partial charge in [0.1, 0.15) is 5.60 Å². The summed E-state index contributed by atoms with van der Waals surface area (Å²) in [4.78, 5) is 21.9. The van der Waals surface area contributed by atoms with Gasteiger partial charge in [0.15, 0.2) is 0 Å². The number of carbonyl (C=O) groups excluding carboxylic acids is 1. The summed E-state index contributed by atoms with van der Waals surface area (Å²) < 4.78 is 5.04. The number of esters is 1. The van der Waals surface area contributed by atoms with Gasteiger partial charge in [-0.2, -0.15) is 0 Å². The lowest BCUT2D eigenvalue weighted by Crippen LogP contribution is -2.36. The number of ether oxygens (including phenoxy) is 1. The standard InChI is InChI=1S/C12H23NO4/c1-5-6-7-8-9-10(13(15)16)11(14)17-12(2,3)4/h10H,5-9H2,1-4H3. The van der Waals surface area contributed by atoms with Crippen molar-refractivity contribution in [3.8, 4) is 0 Å². The summed E-state index contributed by atoms with van der Waals surface area (Å²) in [6, 6.07) is -1.22. The second-order valence-electron chi connectivity index (χ2n) is 5.18. The molecule has 0 N–H and O–H groups in total. The summed E-state index contributed by atoms with van der Waals surface area (Å²) in [7, 11) is 0.